The van der Waals surface area contributed by atoms with Crippen LogP contribution in [0.5, 0.6) is 0 Å². The van der Waals surface area contributed by atoms with Crippen molar-refractivity contribution in [3.63, 3.8) is 0 Å². The van der Waals surface area contributed by atoms with Crippen LogP contribution >= 0.6 is 0 Å². The Kier molecular flexibility index (Phi) is 6.38. The number of carbonyl (C=O) groups excluding carboxylic acids is 1. The molecule has 1 saturated heterocycles. The molecule has 1 atom stereocenters. The lowest BCUT2D eigenvalue weighted by Crippen LogP contribution is -2.47. The van der Waals surface area contributed by atoms with E-state index in [1.807, 2.05) is 12.1 Å². The van der Waals surface area contributed by atoms with Crippen molar-refractivity contribution in [2.75, 3.05) is 38.1 Å². The lowest BCUT2D eigenvalue weighted by Gasteiger charge is -2.33. The molecule has 0 radical (unpaired) electrons. The maximum Gasteiger partial charge on any atom is 0.317 e. The van der Waals surface area contributed by atoms with Crippen LogP contribution in [-0.2, 0) is 4.74 Å². The number of hydrogen-bond acceptors (Lipinski definition) is 4. The minimum atomic E-state index is -0.279. The number of anilines is 1. The number of carbonyl (C=O) groups is 1. The van der Waals surface area contributed by atoms with E-state index in [9.17, 15) is 9.18 Å². The summed E-state index contributed by atoms with van der Waals surface area (Å²) in [7, 11) is 0. The fourth-order valence-electron chi connectivity index (χ4n) is 2.81. The second-order valence-corrected chi connectivity index (χ2v) is 6.11. The Labute approximate surface area is 152 Å². The van der Waals surface area contributed by atoms with E-state index < -0.39 is 0 Å². The van der Waals surface area contributed by atoms with Gasteiger partial charge in [-0.3, -0.25) is 4.98 Å². The van der Waals surface area contributed by atoms with Crippen LogP contribution < -0.4 is 10.6 Å². The van der Waals surface area contributed by atoms with Gasteiger partial charge < -0.3 is 20.3 Å². The van der Waals surface area contributed by atoms with Crippen LogP contribution in [0.4, 0.5) is 14.9 Å². The van der Waals surface area contributed by atoms with Gasteiger partial charge in [-0.05, 0) is 36.2 Å². The van der Waals surface area contributed by atoms with Gasteiger partial charge in [-0.25, -0.2) is 9.18 Å². The highest BCUT2D eigenvalue weighted by Crippen LogP contribution is 2.22. The van der Waals surface area contributed by atoms with Crippen molar-refractivity contribution in [3.8, 4) is 0 Å². The van der Waals surface area contributed by atoms with Crippen LogP contribution in [-0.4, -0.2) is 48.7 Å². The summed E-state index contributed by atoms with van der Waals surface area (Å²) in [6.45, 7) is 2.83. The van der Waals surface area contributed by atoms with Crippen LogP contribution in [0, 0.1) is 5.82 Å². The average Bonchev–Trinajstić information content (AvgIpc) is 2.69. The Morgan fingerprint density at radius 3 is 2.88 bits per heavy atom. The minimum Gasteiger partial charge on any atom is -0.384 e. The van der Waals surface area contributed by atoms with Crippen molar-refractivity contribution < 1.29 is 13.9 Å². The monoisotopic (exact) mass is 358 g/mol. The highest BCUT2D eigenvalue weighted by atomic mass is 19.1. The van der Waals surface area contributed by atoms with E-state index in [0.29, 0.717) is 26.2 Å². The molecular formula is C19H23FN4O2. The largest absolute Gasteiger partial charge is 0.384 e. The molecule has 0 aliphatic carbocycles. The normalized spacial score (nSPS) is 17.0. The number of benzene rings is 1. The van der Waals surface area contributed by atoms with Crippen molar-refractivity contribution in [1.82, 2.24) is 15.2 Å². The number of nitrogens with zero attached hydrogens (tertiary/aromatic N) is 2. The molecule has 1 aliphatic heterocycles. The lowest BCUT2D eigenvalue weighted by atomic mass is 10.1. The van der Waals surface area contributed by atoms with E-state index in [4.69, 9.17) is 4.74 Å². The zero-order valence-electron chi connectivity index (χ0n) is 14.5. The molecule has 6 nitrogen and oxygen atoms in total. The average molecular weight is 358 g/mol. The van der Waals surface area contributed by atoms with Gasteiger partial charge in [-0.1, -0.05) is 12.1 Å². The molecule has 0 saturated carbocycles. The summed E-state index contributed by atoms with van der Waals surface area (Å²) in [5, 5.41) is 6.19. The summed E-state index contributed by atoms with van der Waals surface area (Å²) in [6, 6.07) is 9.95. The Bertz CT molecular complexity index is 696. The first-order valence-corrected chi connectivity index (χ1v) is 8.76. The van der Waals surface area contributed by atoms with Gasteiger partial charge in [0.25, 0.3) is 0 Å². The number of ether oxygens (including phenoxy) is 1. The Hall–Kier alpha value is -2.67. The molecule has 7 heteroatoms. The van der Waals surface area contributed by atoms with Gasteiger partial charge in [0.15, 0.2) is 0 Å². The summed E-state index contributed by atoms with van der Waals surface area (Å²) in [6.07, 6.45) is 4.09. The topological polar surface area (TPSA) is 66.5 Å². The molecule has 3 rings (SSSR count). The van der Waals surface area contributed by atoms with E-state index in [1.165, 1.54) is 12.1 Å². The van der Waals surface area contributed by atoms with Gasteiger partial charge in [0.05, 0.1) is 18.8 Å². The summed E-state index contributed by atoms with van der Waals surface area (Å²) < 4.78 is 18.8. The summed E-state index contributed by atoms with van der Waals surface area (Å²) in [5.74, 6) is -0.279. The van der Waals surface area contributed by atoms with Crippen molar-refractivity contribution in [3.05, 3.63) is 60.2 Å². The molecule has 26 heavy (non-hydrogen) atoms. The van der Waals surface area contributed by atoms with Gasteiger partial charge in [-0.2, -0.15) is 0 Å². The number of halogens is 1. The van der Waals surface area contributed by atoms with Crippen LogP contribution in [0.1, 0.15) is 18.1 Å². The molecule has 1 aliphatic rings. The zero-order chi connectivity index (χ0) is 18.2. The number of rotatable bonds is 6. The van der Waals surface area contributed by atoms with Crippen LogP contribution in [0.3, 0.4) is 0 Å². The molecule has 2 aromatic rings. The van der Waals surface area contributed by atoms with E-state index in [0.717, 1.165) is 24.2 Å². The summed E-state index contributed by atoms with van der Waals surface area (Å²) >= 11 is 0. The third-order valence-electron chi connectivity index (χ3n) is 4.22. The lowest BCUT2D eigenvalue weighted by molar-refractivity contribution is -0.0154. The molecule has 138 valence electrons. The molecule has 1 aromatic heterocycles. The number of morpholine rings is 1. The summed E-state index contributed by atoms with van der Waals surface area (Å²) in [5.41, 5.74) is 1.85. The maximum absolute atomic E-state index is 13.0. The molecule has 0 bridgehead atoms. The van der Waals surface area contributed by atoms with Gasteiger partial charge >= 0.3 is 6.03 Å². The minimum absolute atomic E-state index is 0.0956. The molecule has 2 heterocycles. The second kappa shape index (κ2) is 9.15. The number of urea groups is 1. The third-order valence-corrected chi connectivity index (χ3v) is 4.22. The van der Waals surface area contributed by atoms with Gasteiger partial charge in [0.2, 0.25) is 0 Å². The van der Waals surface area contributed by atoms with Crippen LogP contribution in [0.2, 0.25) is 0 Å². The summed E-state index contributed by atoms with van der Waals surface area (Å²) in [4.78, 5) is 18.1. The molecule has 1 fully saturated rings. The highest BCUT2D eigenvalue weighted by Gasteiger charge is 2.25. The highest BCUT2D eigenvalue weighted by molar-refractivity contribution is 5.74. The molecule has 1 aromatic carbocycles. The maximum atomic E-state index is 13.0. The first-order chi connectivity index (χ1) is 12.7. The van der Waals surface area contributed by atoms with Gasteiger partial charge in [-0.15, -0.1) is 0 Å². The van der Waals surface area contributed by atoms with E-state index >= 15 is 0 Å². The first-order valence-electron chi connectivity index (χ1n) is 8.76. The standard InChI is InChI=1S/C19H23FN4O2/c20-16-6-4-15(5-7-16)18-14-24(11-12-26-18)19(25)23-10-2-9-22-17-3-1-8-21-13-17/h1,3-8,13,18,22H,2,9-12,14H2,(H,23,25)/t18-/m1/s1. The molecule has 0 unspecified atom stereocenters. The fourth-order valence-corrected chi connectivity index (χ4v) is 2.81. The number of pyridine rings is 1. The molecule has 2 amide bonds. The number of amides is 2. The van der Waals surface area contributed by atoms with Crippen molar-refractivity contribution in [2.24, 2.45) is 0 Å². The fraction of sp³-hybridized carbons (Fsp3) is 0.368. The Morgan fingerprint density at radius 2 is 2.12 bits per heavy atom. The number of aromatic nitrogens is 1. The van der Waals surface area contributed by atoms with Gasteiger partial charge in [0.1, 0.15) is 11.9 Å². The van der Waals surface area contributed by atoms with Crippen LogP contribution in [0.15, 0.2) is 48.8 Å². The quantitative estimate of drug-likeness (QED) is 0.780. The van der Waals surface area contributed by atoms with Crippen molar-refractivity contribution in [1.29, 1.82) is 0 Å². The van der Waals surface area contributed by atoms with Crippen molar-refractivity contribution in [2.45, 2.75) is 12.5 Å². The predicted molar refractivity (Wildman–Crippen MR) is 97.4 cm³/mol. The van der Waals surface area contributed by atoms with Gasteiger partial charge in [0, 0.05) is 32.0 Å². The molecular weight excluding hydrogens is 335 g/mol. The SMILES string of the molecule is O=C(NCCCNc1cccnc1)N1CCO[C@@H](c2ccc(F)cc2)C1. The number of nitrogens with one attached hydrogen (secondary N) is 2. The number of hydrogen-bond donors (Lipinski definition) is 2. The molecule has 2 N–H and O–H groups in total. The Balaban J connectivity index is 1.39. The third kappa shape index (κ3) is 5.16. The Morgan fingerprint density at radius 1 is 1.27 bits per heavy atom. The van der Waals surface area contributed by atoms with E-state index in [1.54, 1.807) is 29.4 Å². The van der Waals surface area contributed by atoms with E-state index in [2.05, 4.69) is 15.6 Å². The second-order valence-electron chi connectivity index (χ2n) is 6.11. The zero-order valence-corrected chi connectivity index (χ0v) is 14.5. The van der Waals surface area contributed by atoms with Crippen LogP contribution in [0.25, 0.3) is 0 Å². The predicted octanol–water partition coefficient (Wildman–Crippen LogP) is 2.81. The first kappa shape index (κ1) is 18.1. The van der Waals surface area contributed by atoms with Crippen molar-refractivity contribution >= 4 is 11.7 Å². The van der Waals surface area contributed by atoms with E-state index in [-0.39, 0.29) is 18.0 Å². The smallest absolute Gasteiger partial charge is 0.317 e. The molecule has 0 spiro atoms.